The summed E-state index contributed by atoms with van der Waals surface area (Å²) in [7, 11) is 0. The quantitative estimate of drug-likeness (QED) is 0.925. The van der Waals surface area contributed by atoms with Gasteiger partial charge in [0, 0.05) is 10.4 Å². The molecule has 96 valence electrons. The first-order valence-electron chi connectivity index (χ1n) is 5.11. The van der Waals surface area contributed by atoms with Crippen LogP contribution in [0.1, 0.15) is 16.5 Å². The maximum Gasteiger partial charge on any atom is 0.573 e. The smallest absolute Gasteiger partial charge is 0.405 e. The number of ether oxygens (including phenoxy) is 1. The van der Waals surface area contributed by atoms with Crippen molar-refractivity contribution in [1.82, 2.24) is 0 Å². The van der Waals surface area contributed by atoms with Crippen LogP contribution in [0.4, 0.5) is 13.2 Å². The molecule has 0 aliphatic carbocycles. The minimum atomic E-state index is -4.72. The predicted molar refractivity (Wildman–Crippen MR) is 63.5 cm³/mol. The Morgan fingerprint density at radius 1 is 1.11 bits per heavy atom. The molecule has 1 atom stereocenters. The average molecular weight is 273 g/mol. The van der Waals surface area contributed by atoms with Gasteiger partial charge in [0.2, 0.25) is 0 Å². The summed E-state index contributed by atoms with van der Waals surface area (Å²) < 4.78 is 40.8. The second-order valence-electron chi connectivity index (χ2n) is 3.58. The number of halogens is 3. The fraction of sp³-hybridized carbons (Fsp3) is 0.167. The Balaban J connectivity index is 2.33. The lowest BCUT2D eigenvalue weighted by Gasteiger charge is -2.16. The van der Waals surface area contributed by atoms with Crippen molar-refractivity contribution in [2.75, 3.05) is 0 Å². The van der Waals surface area contributed by atoms with Crippen molar-refractivity contribution in [1.29, 1.82) is 0 Å². The summed E-state index contributed by atoms with van der Waals surface area (Å²) in [5, 5.41) is 1.82. The molecule has 6 heteroatoms. The highest BCUT2D eigenvalue weighted by Gasteiger charge is 2.32. The van der Waals surface area contributed by atoms with E-state index in [2.05, 4.69) is 4.74 Å². The van der Waals surface area contributed by atoms with Gasteiger partial charge in [-0.05, 0) is 17.5 Å². The molecule has 0 radical (unpaired) electrons. The van der Waals surface area contributed by atoms with E-state index in [1.165, 1.54) is 29.5 Å². The van der Waals surface area contributed by atoms with Crippen LogP contribution in [-0.2, 0) is 0 Å². The van der Waals surface area contributed by atoms with E-state index in [-0.39, 0.29) is 5.75 Å². The van der Waals surface area contributed by atoms with Crippen molar-refractivity contribution in [2.24, 2.45) is 5.73 Å². The van der Waals surface area contributed by atoms with E-state index in [1.54, 1.807) is 18.2 Å². The summed E-state index contributed by atoms with van der Waals surface area (Å²) in [6.45, 7) is 0. The number of alkyl halides is 3. The molecule has 0 bridgehead atoms. The number of nitrogens with two attached hydrogens (primary N) is 1. The van der Waals surface area contributed by atoms with Crippen LogP contribution < -0.4 is 10.5 Å². The van der Waals surface area contributed by atoms with Gasteiger partial charge in [-0.2, -0.15) is 0 Å². The van der Waals surface area contributed by atoms with Gasteiger partial charge < -0.3 is 10.5 Å². The topological polar surface area (TPSA) is 35.2 Å². The van der Waals surface area contributed by atoms with E-state index in [1.807, 2.05) is 5.38 Å². The first kappa shape index (κ1) is 12.9. The Morgan fingerprint density at radius 3 is 2.44 bits per heavy atom. The highest BCUT2D eigenvalue weighted by atomic mass is 32.1. The number of para-hydroxylation sites is 1. The first-order chi connectivity index (χ1) is 8.47. The number of hydrogen-bond donors (Lipinski definition) is 1. The van der Waals surface area contributed by atoms with Crippen LogP contribution >= 0.6 is 11.3 Å². The lowest BCUT2D eigenvalue weighted by molar-refractivity contribution is -0.274. The zero-order valence-corrected chi connectivity index (χ0v) is 9.96. The minimum absolute atomic E-state index is 0.258. The molecule has 0 fully saturated rings. The highest BCUT2D eigenvalue weighted by molar-refractivity contribution is 7.10. The normalized spacial score (nSPS) is 13.3. The lowest BCUT2D eigenvalue weighted by Crippen LogP contribution is -2.20. The van der Waals surface area contributed by atoms with Crippen molar-refractivity contribution >= 4 is 11.3 Å². The number of hydrogen-bond acceptors (Lipinski definition) is 3. The summed E-state index contributed by atoms with van der Waals surface area (Å²) >= 11 is 1.39. The Hall–Kier alpha value is -1.53. The maximum absolute atomic E-state index is 12.3. The zero-order valence-electron chi connectivity index (χ0n) is 9.15. The molecule has 0 amide bonds. The van der Waals surface area contributed by atoms with Gasteiger partial charge in [0.1, 0.15) is 5.75 Å². The van der Waals surface area contributed by atoms with Crippen molar-refractivity contribution in [3.63, 3.8) is 0 Å². The third kappa shape index (κ3) is 3.02. The zero-order chi connectivity index (χ0) is 13.2. The molecular weight excluding hydrogens is 263 g/mol. The molecule has 1 heterocycles. The Kier molecular flexibility index (Phi) is 3.58. The van der Waals surface area contributed by atoms with Gasteiger partial charge in [-0.25, -0.2) is 0 Å². The summed E-state index contributed by atoms with van der Waals surface area (Å²) in [5.74, 6) is -0.258. The number of benzene rings is 1. The van der Waals surface area contributed by atoms with Gasteiger partial charge >= 0.3 is 6.36 Å². The van der Waals surface area contributed by atoms with E-state index in [0.717, 1.165) is 4.88 Å². The molecule has 1 aromatic carbocycles. The van der Waals surface area contributed by atoms with Gasteiger partial charge in [0.05, 0.1) is 6.04 Å². The lowest BCUT2D eigenvalue weighted by atomic mass is 10.1. The van der Waals surface area contributed by atoms with Crippen molar-refractivity contribution in [2.45, 2.75) is 12.4 Å². The van der Waals surface area contributed by atoms with Crippen LogP contribution in [0.15, 0.2) is 41.8 Å². The van der Waals surface area contributed by atoms with Crippen molar-refractivity contribution in [3.05, 3.63) is 52.2 Å². The molecule has 1 unspecified atom stereocenters. The second kappa shape index (κ2) is 4.99. The van der Waals surface area contributed by atoms with Crippen LogP contribution in [0.2, 0.25) is 0 Å². The molecule has 0 aliphatic heterocycles. The van der Waals surface area contributed by atoms with E-state index in [4.69, 9.17) is 5.73 Å². The third-order valence-corrected chi connectivity index (χ3v) is 3.28. The fourth-order valence-electron chi connectivity index (χ4n) is 1.58. The second-order valence-corrected chi connectivity index (χ2v) is 4.56. The largest absolute Gasteiger partial charge is 0.573 e. The van der Waals surface area contributed by atoms with E-state index >= 15 is 0 Å². The molecule has 0 saturated carbocycles. The molecule has 2 aromatic rings. The van der Waals surface area contributed by atoms with Gasteiger partial charge in [-0.1, -0.05) is 24.3 Å². The highest BCUT2D eigenvalue weighted by Crippen LogP contribution is 2.33. The van der Waals surface area contributed by atoms with Crippen LogP contribution in [0.3, 0.4) is 0 Å². The molecular formula is C12H10F3NOS. The van der Waals surface area contributed by atoms with E-state index in [0.29, 0.717) is 5.56 Å². The molecule has 1 aromatic heterocycles. The molecule has 0 saturated heterocycles. The average Bonchev–Trinajstić information content (AvgIpc) is 2.80. The van der Waals surface area contributed by atoms with Crippen LogP contribution in [0, 0.1) is 0 Å². The first-order valence-corrected chi connectivity index (χ1v) is 5.99. The van der Waals surface area contributed by atoms with Crippen LogP contribution in [0.5, 0.6) is 5.75 Å². The molecule has 0 aliphatic rings. The summed E-state index contributed by atoms with van der Waals surface area (Å²) in [5.41, 5.74) is 6.26. The summed E-state index contributed by atoms with van der Waals surface area (Å²) in [4.78, 5) is 0.785. The van der Waals surface area contributed by atoms with Gasteiger partial charge in [-0.3, -0.25) is 0 Å². The van der Waals surface area contributed by atoms with Crippen molar-refractivity contribution < 1.29 is 17.9 Å². The van der Waals surface area contributed by atoms with Gasteiger partial charge in [0.25, 0.3) is 0 Å². The van der Waals surface area contributed by atoms with E-state index in [9.17, 15) is 13.2 Å². The Labute approximate surface area is 106 Å². The van der Waals surface area contributed by atoms with E-state index < -0.39 is 12.4 Å². The standard InChI is InChI=1S/C12H10F3NOS/c13-12(14,15)17-9-5-2-1-4-8(9)11(16)10-6-3-7-18-10/h1-7,11H,16H2. The molecule has 2 N–H and O–H groups in total. The molecule has 2 rings (SSSR count). The maximum atomic E-state index is 12.3. The summed E-state index contributed by atoms with van der Waals surface area (Å²) in [6, 6.07) is 8.86. The monoisotopic (exact) mass is 273 g/mol. The van der Waals surface area contributed by atoms with Crippen LogP contribution in [-0.4, -0.2) is 6.36 Å². The Bertz CT molecular complexity index is 510. The molecule has 0 spiro atoms. The molecule has 2 nitrogen and oxygen atoms in total. The molecule has 18 heavy (non-hydrogen) atoms. The Morgan fingerprint density at radius 2 is 1.83 bits per heavy atom. The van der Waals surface area contributed by atoms with Gasteiger partial charge in [-0.15, -0.1) is 24.5 Å². The van der Waals surface area contributed by atoms with Crippen LogP contribution in [0.25, 0.3) is 0 Å². The van der Waals surface area contributed by atoms with Gasteiger partial charge in [0.15, 0.2) is 0 Å². The number of rotatable bonds is 3. The SMILES string of the molecule is NC(c1cccs1)c1ccccc1OC(F)(F)F. The summed E-state index contributed by atoms with van der Waals surface area (Å²) in [6.07, 6.45) is -4.72. The minimum Gasteiger partial charge on any atom is -0.405 e. The fourth-order valence-corrected chi connectivity index (χ4v) is 2.32. The predicted octanol–water partition coefficient (Wildman–Crippen LogP) is 3.69. The van der Waals surface area contributed by atoms with Crippen molar-refractivity contribution in [3.8, 4) is 5.75 Å². The third-order valence-electron chi connectivity index (χ3n) is 2.33. The number of thiophene rings is 1.